The van der Waals surface area contributed by atoms with Crippen molar-refractivity contribution < 1.29 is 9.72 Å². The first-order valence-electron chi connectivity index (χ1n) is 7.89. The number of halogens is 3. The molecule has 1 aromatic carbocycles. The molecule has 3 rings (SSSR count). The van der Waals surface area contributed by atoms with E-state index in [0.717, 1.165) is 5.56 Å². The average molecular weight is 488 g/mol. The lowest BCUT2D eigenvalue weighted by Crippen LogP contribution is -2.21. The number of aromatic nitrogens is 4. The number of nitro groups is 1. The third-order valence-electron chi connectivity index (χ3n) is 3.85. The van der Waals surface area contributed by atoms with Crippen LogP contribution in [-0.2, 0) is 17.9 Å². The van der Waals surface area contributed by atoms with Gasteiger partial charge < -0.3 is 15.4 Å². The van der Waals surface area contributed by atoms with Gasteiger partial charge in [-0.1, -0.05) is 41.4 Å². The van der Waals surface area contributed by atoms with Gasteiger partial charge in [0, 0.05) is 11.2 Å². The van der Waals surface area contributed by atoms with E-state index in [-0.39, 0.29) is 27.7 Å². The number of amides is 1. The standard InChI is InChI=1S/C16H13BrCl2N6O3/c1-9-14(17)16(25(27)28)22-24(9)8-13(26)20-15-12(19)7-23(21-15)6-10-4-2-3-5-11(10)18/h2-5,7H,6,8H2,1H3,(H,20,21,26). The summed E-state index contributed by atoms with van der Waals surface area (Å²) in [4.78, 5) is 22.6. The normalized spacial score (nSPS) is 10.9. The molecule has 146 valence electrons. The Balaban J connectivity index is 1.71. The topological polar surface area (TPSA) is 108 Å². The fourth-order valence-electron chi connectivity index (χ4n) is 2.45. The van der Waals surface area contributed by atoms with E-state index in [2.05, 4.69) is 31.4 Å². The number of nitrogens with zero attached hydrogens (tertiary/aromatic N) is 5. The predicted octanol–water partition coefficient (Wildman–Crippen LogP) is 4.05. The maximum Gasteiger partial charge on any atom is 0.404 e. The highest BCUT2D eigenvalue weighted by Crippen LogP contribution is 2.27. The number of hydrogen-bond acceptors (Lipinski definition) is 5. The summed E-state index contributed by atoms with van der Waals surface area (Å²) in [6, 6.07) is 7.32. The Kier molecular flexibility index (Phi) is 6.01. The minimum Gasteiger partial charge on any atom is -0.358 e. The summed E-state index contributed by atoms with van der Waals surface area (Å²) in [5, 5.41) is 22.4. The van der Waals surface area contributed by atoms with E-state index in [4.69, 9.17) is 23.2 Å². The maximum atomic E-state index is 12.3. The van der Waals surface area contributed by atoms with Gasteiger partial charge in [-0.15, -0.1) is 0 Å². The SMILES string of the molecule is Cc1c(Br)c([N+](=O)[O-])nn1CC(=O)Nc1nn(Cc2ccccc2Cl)cc1Cl. The third kappa shape index (κ3) is 4.34. The Hall–Kier alpha value is -2.43. The summed E-state index contributed by atoms with van der Waals surface area (Å²) >= 11 is 15.4. The van der Waals surface area contributed by atoms with Gasteiger partial charge in [0.2, 0.25) is 5.91 Å². The summed E-state index contributed by atoms with van der Waals surface area (Å²) in [7, 11) is 0. The van der Waals surface area contributed by atoms with Crippen LogP contribution in [0.1, 0.15) is 11.3 Å². The zero-order valence-electron chi connectivity index (χ0n) is 14.4. The van der Waals surface area contributed by atoms with Gasteiger partial charge in [0.05, 0.1) is 17.3 Å². The predicted molar refractivity (Wildman–Crippen MR) is 108 cm³/mol. The van der Waals surface area contributed by atoms with Crippen molar-refractivity contribution in [2.45, 2.75) is 20.0 Å². The second-order valence-electron chi connectivity index (χ2n) is 5.80. The van der Waals surface area contributed by atoms with Crippen molar-refractivity contribution in [1.29, 1.82) is 0 Å². The lowest BCUT2D eigenvalue weighted by Gasteiger charge is -2.04. The van der Waals surface area contributed by atoms with Gasteiger partial charge in [-0.25, -0.2) is 0 Å². The molecule has 12 heteroatoms. The van der Waals surface area contributed by atoms with E-state index < -0.39 is 10.8 Å². The molecule has 0 fully saturated rings. The molecule has 0 atom stereocenters. The van der Waals surface area contributed by atoms with E-state index in [1.807, 2.05) is 18.2 Å². The maximum absolute atomic E-state index is 12.3. The highest BCUT2D eigenvalue weighted by Gasteiger charge is 2.25. The smallest absolute Gasteiger partial charge is 0.358 e. The zero-order valence-corrected chi connectivity index (χ0v) is 17.5. The second kappa shape index (κ2) is 8.29. The van der Waals surface area contributed by atoms with Gasteiger partial charge in [-0.3, -0.25) is 9.48 Å². The Morgan fingerprint density at radius 1 is 1.29 bits per heavy atom. The number of carbonyl (C=O) groups excluding carboxylic acids is 1. The molecular formula is C16H13BrCl2N6O3. The van der Waals surface area contributed by atoms with Crippen molar-refractivity contribution >= 4 is 56.7 Å². The van der Waals surface area contributed by atoms with Crippen LogP contribution in [0.25, 0.3) is 0 Å². The summed E-state index contributed by atoms with van der Waals surface area (Å²) < 4.78 is 3.01. The van der Waals surface area contributed by atoms with Crippen LogP contribution in [0, 0.1) is 17.0 Å². The minimum atomic E-state index is -0.626. The molecule has 2 heterocycles. The molecule has 9 nitrogen and oxygen atoms in total. The third-order valence-corrected chi connectivity index (χ3v) is 5.42. The van der Waals surface area contributed by atoms with Crippen molar-refractivity contribution in [3.05, 3.63) is 66.4 Å². The fourth-order valence-corrected chi connectivity index (χ4v) is 3.27. The van der Waals surface area contributed by atoms with Crippen molar-refractivity contribution in [2.24, 2.45) is 0 Å². The van der Waals surface area contributed by atoms with Crippen LogP contribution in [0.2, 0.25) is 10.0 Å². The molecule has 1 N–H and O–H groups in total. The molecule has 28 heavy (non-hydrogen) atoms. The van der Waals surface area contributed by atoms with Crippen LogP contribution in [-0.4, -0.2) is 30.4 Å². The van der Waals surface area contributed by atoms with Gasteiger partial charge in [0.15, 0.2) is 5.82 Å². The lowest BCUT2D eigenvalue weighted by molar-refractivity contribution is -0.390. The van der Waals surface area contributed by atoms with E-state index in [9.17, 15) is 14.9 Å². The van der Waals surface area contributed by atoms with Crippen LogP contribution in [0.15, 0.2) is 34.9 Å². The van der Waals surface area contributed by atoms with E-state index in [0.29, 0.717) is 17.3 Å². The number of nitrogens with one attached hydrogen (secondary N) is 1. The van der Waals surface area contributed by atoms with E-state index in [1.165, 1.54) is 4.68 Å². The Labute approximate surface area is 177 Å². The molecule has 0 aliphatic carbocycles. The molecule has 0 aliphatic heterocycles. The molecule has 0 radical (unpaired) electrons. The second-order valence-corrected chi connectivity index (χ2v) is 7.41. The first-order valence-corrected chi connectivity index (χ1v) is 9.44. The van der Waals surface area contributed by atoms with Crippen molar-refractivity contribution in [1.82, 2.24) is 19.6 Å². The molecule has 2 aromatic heterocycles. The highest BCUT2D eigenvalue weighted by atomic mass is 79.9. The molecular weight excluding hydrogens is 475 g/mol. The number of benzene rings is 1. The molecule has 0 saturated carbocycles. The van der Waals surface area contributed by atoms with E-state index in [1.54, 1.807) is 23.9 Å². The number of hydrogen-bond donors (Lipinski definition) is 1. The van der Waals surface area contributed by atoms with Crippen LogP contribution < -0.4 is 5.32 Å². The van der Waals surface area contributed by atoms with Gasteiger partial charge in [0.25, 0.3) is 0 Å². The molecule has 1 amide bonds. The number of anilines is 1. The summed E-state index contributed by atoms with van der Waals surface area (Å²) in [6.45, 7) is 1.77. The Morgan fingerprint density at radius 2 is 2.00 bits per heavy atom. The quantitative estimate of drug-likeness (QED) is 0.416. The summed E-state index contributed by atoms with van der Waals surface area (Å²) in [5.74, 6) is -0.651. The van der Waals surface area contributed by atoms with Gasteiger partial charge in [-0.05, 0) is 39.4 Å². The highest BCUT2D eigenvalue weighted by molar-refractivity contribution is 9.10. The first-order chi connectivity index (χ1) is 13.3. The molecule has 0 saturated heterocycles. The fraction of sp³-hybridized carbons (Fsp3) is 0.188. The average Bonchev–Trinajstić information content (AvgIpc) is 3.11. The van der Waals surface area contributed by atoms with Crippen LogP contribution >= 0.6 is 39.1 Å². The van der Waals surface area contributed by atoms with Crippen molar-refractivity contribution in [2.75, 3.05) is 5.32 Å². The summed E-state index contributed by atoms with van der Waals surface area (Å²) in [5.41, 5.74) is 1.31. The first kappa shape index (κ1) is 20.3. The molecule has 0 spiro atoms. The molecule has 0 unspecified atom stereocenters. The van der Waals surface area contributed by atoms with Crippen molar-refractivity contribution in [3.63, 3.8) is 0 Å². The van der Waals surface area contributed by atoms with Crippen LogP contribution in [0.4, 0.5) is 11.6 Å². The lowest BCUT2D eigenvalue weighted by atomic mass is 10.2. The molecule has 3 aromatic rings. The monoisotopic (exact) mass is 486 g/mol. The Morgan fingerprint density at radius 3 is 2.64 bits per heavy atom. The summed E-state index contributed by atoms with van der Waals surface area (Å²) in [6.07, 6.45) is 1.57. The van der Waals surface area contributed by atoms with Gasteiger partial charge in [-0.2, -0.15) is 9.78 Å². The van der Waals surface area contributed by atoms with Crippen molar-refractivity contribution in [3.8, 4) is 0 Å². The number of carbonyl (C=O) groups is 1. The molecule has 0 bridgehead atoms. The zero-order chi connectivity index (χ0) is 20.4. The molecule has 0 aliphatic rings. The number of rotatable bonds is 6. The van der Waals surface area contributed by atoms with E-state index >= 15 is 0 Å². The van der Waals surface area contributed by atoms with Gasteiger partial charge >= 0.3 is 5.82 Å². The Bertz CT molecular complexity index is 1060. The van der Waals surface area contributed by atoms with Crippen LogP contribution in [0.3, 0.4) is 0 Å². The van der Waals surface area contributed by atoms with Crippen LogP contribution in [0.5, 0.6) is 0 Å². The largest absolute Gasteiger partial charge is 0.404 e. The van der Waals surface area contributed by atoms with Gasteiger partial charge in [0.1, 0.15) is 16.0 Å². The minimum absolute atomic E-state index is 0.178.